The number of hydrogen-bond acceptors (Lipinski definition) is 3. The van der Waals surface area contributed by atoms with Crippen LogP contribution in [0.1, 0.15) is 38.7 Å². The molecule has 0 saturated heterocycles. The van der Waals surface area contributed by atoms with E-state index in [9.17, 15) is 0 Å². The number of aliphatic hydroxyl groups is 1. The Balaban J connectivity index is 2.32. The first-order chi connectivity index (χ1) is 8.74. The maximum absolute atomic E-state index is 8.68. The van der Waals surface area contributed by atoms with Crippen LogP contribution in [0.4, 0.5) is 0 Å². The minimum Gasteiger partial charge on any atom is -0.491 e. The first-order valence-corrected chi connectivity index (χ1v) is 6.80. The number of benzene rings is 1. The Labute approximate surface area is 110 Å². The van der Waals surface area contributed by atoms with Crippen LogP contribution in [0.15, 0.2) is 24.3 Å². The first-order valence-electron chi connectivity index (χ1n) is 6.80. The van der Waals surface area contributed by atoms with E-state index in [2.05, 4.69) is 11.4 Å². The van der Waals surface area contributed by atoms with E-state index in [1.54, 1.807) is 0 Å². The van der Waals surface area contributed by atoms with E-state index in [1.807, 2.05) is 32.0 Å². The van der Waals surface area contributed by atoms with Crippen LogP contribution in [0.25, 0.3) is 0 Å². The maximum atomic E-state index is 8.68. The second-order valence-electron chi connectivity index (χ2n) is 4.74. The molecule has 1 rings (SSSR count). The molecule has 0 spiro atoms. The van der Waals surface area contributed by atoms with E-state index >= 15 is 0 Å². The van der Waals surface area contributed by atoms with Crippen molar-refractivity contribution in [1.82, 2.24) is 5.32 Å². The van der Waals surface area contributed by atoms with E-state index < -0.39 is 0 Å². The Bertz CT molecular complexity index is 326. The van der Waals surface area contributed by atoms with E-state index in [0.29, 0.717) is 6.61 Å². The lowest BCUT2D eigenvalue weighted by atomic mass is 10.2. The predicted octanol–water partition coefficient (Wildman–Crippen LogP) is 2.73. The number of aliphatic hydroxyl groups excluding tert-OH is 1. The van der Waals surface area contributed by atoms with Gasteiger partial charge in [-0.15, -0.1) is 0 Å². The largest absolute Gasteiger partial charge is 0.491 e. The van der Waals surface area contributed by atoms with Crippen LogP contribution >= 0.6 is 0 Å². The van der Waals surface area contributed by atoms with Crippen LogP contribution in [0, 0.1) is 0 Å². The fraction of sp³-hybridized carbons (Fsp3) is 0.600. The highest BCUT2D eigenvalue weighted by Gasteiger charge is 2.03. The van der Waals surface area contributed by atoms with Gasteiger partial charge in [0.2, 0.25) is 0 Å². The smallest absolute Gasteiger partial charge is 0.124 e. The number of hydrogen-bond donors (Lipinski definition) is 2. The Morgan fingerprint density at radius 1 is 1.17 bits per heavy atom. The van der Waals surface area contributed by atoms with Gasteiger partial charge in [0.25, 0.3) is 0 Å². The molecule has 0 unspecified atom stereocenters. The summed E-state index contributed by atoms with van der Waals surface area (Å²) in [5.41, 5.74) is 1.20. The zero-order valence-electron chi connectivity index (χ0n) is 11.5. The molecule has 0 fully saturated rings. The number of nitrogens with one attached hydrogen (secondary N) is 1. The van der Waals surface area contributed by atoms with Crippen LogP contribution < -0.4 is 10.1 Å². The maximum Gasteiger partial charge on any atom is 0.124 e. The zero-order valence-corrected chi connectivity index (χ0v) is 11.5. The molecule has 0 radical (unpaired) electrons. The third-order valence-electron chi connectivity index (χ3n) is 2.66. The van der Waals surface area contributed by atoms with E-state index in [4.69, 9.17) is 9.84 Å². The molecule has 0 heterocycles. The lowest BCUT2D eigenvalue weighted by Crippen LogP contribution is -2.16. The van der Waals surface area contributed by atoms with E-state index in [-0.39, 0.29) is 6.10 Å². The fourth-order valence-corrected chi connectivity index (χ4v) is 1.78. The molecule has 1 aromatic rings. The van der Waals surface area contributed by atoms with E-state index in [1.165, 1.54) is 5.56 Å². The first kappa shape index (κ1) is 15.0. The van der Waals surface area contributed by atoms with Gasteiger partial charge in [-0.25, -0.2) is 0 Å². The summed E-state index contributed by atoms with van der Waals surface area (Å²) in [5, 5.41) is 12.1. The molecule has 3 heteroatoms. The molecule has 0 bridgehead atoms. The summed E-state index contributed by atoms with van der Waals surface area (Å²) in [6.45, 7) is 6.20. The van der Waals surface area contributed by atoms with Gasteiger partial charge in [0.1, 0.15) is 5.75 Å². The average Bonchev–Trinajstić information content (AvgIpc) is 2.35. The van der Waals surface area contributed by atoms with Crippen LogP contribution in [-0.2, 0) is 6.54 Å². The Morgan fingerprint density at radius 3 is 2.67 bits per heavy atom. The second-order valence-corrected chi connectivity index (χ2v) is 4.74. The van der Waals surface area contributed by atoms with Gasteiger partial charge in [-0.05, 0) is 45.7 Å². The summed E-state index contributed by atoms with van der Waals surface area (Å²) in [5.74, 6) is 0.968. The Hall–Kier alpha value is -1.06. The van der Waals surface area contributed by atoms with Crippen molar-refractivity contribution >= 4 is 0 Å². The van der Waals surface area contributed by atoms with Gasteiger partial charge < -0.3 is 15.2 Å². The zero-order chi connectivity index (χ0) is 13.2. The van der Waals surface area contributed by atoms with Crippen molar-refractivity contribution in [1.29, 1.82) is 0 Å². The number of rotatable bonds is 9. The highest BCUT2D eigenvalue weighted by Crippen LogP contribution is 2.18. The standard InChI is InChI=1S/C15H25NO2/c1-13(2)18-15-9-5-4-8-14(15)12-16-10-6-3-7-11-17/h4-5,8-9,13,16-17H,3,6-7,10-12H2,1-2H3. The molecule has 0 aliphatic carbocycles. The summed E-state index contributed by atoms with van der Waals surface area (Å²) < 4.78 is 5.77. The average molecular weight is 251 g/mol. The number of ether oxygens (including phenoxy) is 1. The van der Waals surface area contributed by atoms with Crippen molar-refractivity contribution < 1.29 is 9.84 Å². The molecule has 0 aromatic heterocycles. The quantitative estimate of drug-likeness (QED) is 0.663. The molecule has 2 N–H and O–H groups in total. The molecule has 3 nitrogen and oxygen atoms in total. The third kappa shape index (κ3) is 6.03. The van der Waals surface area contributed by atoms with Gasteiger partial charge in [0.05, 0.1) is 6.10 Å². The van der Waals surface area contributed by atoms with Gasteiger partial charge in [0, 0.05) is 18.7 Å². The molecule has 0 aliphatic rings. The van der Waals surface area contributed by atoms with Gasteiger partial charge in [-0.3, -0.25) is 0 Å². The molecule has 102 valence electrons. The van der Waals surface area contributed by atoms with Crippen molar-refractivity contribution in [2.75, 3.05) is 13.2 Å². The SMILES string of the molecule is CC(C)Oc1ccccc1CNCCCCCO. The monoisotopic (exact) mass is 251 g/mol. The minimum absolute atomic E-state index is 0.204. The van der Waals surface area contributed by atoms with E-state index in [0.717, 1.165) is 38.1 Å². The van der Waals surface area contributed by atoms with Crippen molar-refractivity contribution in [3.8, 4) is 5.75 Å². The Kier molecular flexibility index (Phi) is 7.46. The second kappa shape index (κ2) is 8.95. The predicted molar refractivity (Wildman–Crippen MR) is 74.8 cm³/mol. The van der Waals surface area contributed by atoms with Gasteiger partial charge in [-0.1, -0.05) is 18.2 Å². The molecule has 0 aliphatic heterocycles. The van der Waals surface area contributed by atoms with Gasteiger partial charge in [0.15, 0.2) is 0 Å². The summed E-state index contributed by atoms with van der Waals surface area (Å²) in [6, 6.07) is 8.15. The lowest BCUT2D eigenvalue weighted by Gasteiger charge is -2.14. The lowest BCUT2D eigenvalue weighted by molar-refractivity contribution is 0.239. The summed E-state index contributed by atoms with van der Waals surface area (Å²) in [4.78, 5) is 0. The molecule has 0 amide bonds. The molecule has 1 aromatic carbocycles. The fourth-order valence-electron chi connectivity index (χ4n) is 1.78. The minimum atomic E-state index is 0.204. The van der Waals surface area contributed by atoms with Crippen LogP contribution in [0.5, 0.6) is 5.75 Å². The van der Waals surface area contributed by atoms with Gasteiger partial charge >= 0.3 is 0 Å². The van der Waals surface area contributed by atoms with Crippen molar-refractivity contribution in [2.24, 2.45) is 0 Å². The van der Waals surface area contributed by atoms with Crippen molar-refractivity contribution in [3.05, 3.63) is 29.8 Å². The number of para-hydroxylation sites is 1. The summed E-state index contributed by atoms with van der Waals surface area (Å²) in [6.07, 6.45) is 3.28. The van der Waals surface area contributed by atoms with Gasteiger partial charge in [-0.2, -0.15) is 0 Å². The molecule has 0 saturated carbocycles. The Morgan fingerprint density at radius 2 is 1.94 bits per heavy atom. The van der Waals surface area contributed by atoms with Crippen molar-refractivity contribution in [3.63, 3.8) is 0 Å². The highest BCUT2D eigenvalue weighted by molar-refractivity contribution is 5.33. The summed E-state index contributed by atoms with van der Waals surface area (Å²) in [7, 11) is 0. The van der Waals surface area contributed by atoms with Crippen LogP contribution in [0.3, 0.4) is 0 Å². The molecular weight excluding hydrogens is 226 g/mol. The third-order valence-corrected chi connectivity index (χ3v) is 2.66. The van der Waals surface area contributed by atoms with Crippen LogP contribution in [0.2, 0.25) is 0 Å². The topological polar surface area (TPSA) is 41.5 Å². The number of unbranched alkanes of at least 4 members (excludes halogenated alkanes) is 2. The summed E-state index contributed by atoms with van der Waals surface area (Å²) >= 11 is 0. The normalized spacial score (nSPS) is 10.9. The van der Waals surface area contributed by atoms with Crippen LogP contribution in [-0.4, -0.2) is 24.4 Å². The van der Waals surface area contributed by atoms with Crippen molar-refractivity contribution in [2.45, 2.75) is 45.8 Å². The molecular formula is C15H25NO2. The highest BCUT2D eigenvalue weighted by atomic mass is 16.5. The molecule has 0 atom stereocenters. The molecule has 18 heavy (non-hydrogen) atoms.